The second-order valence-electron chi connectivity index (χ2n) is 12.4. The number of nitro groups is 2. The van der Waals surface area contributed by atoms with Gasteiger partial charge >= 0.3 is 0 Å². The number of nitrogens with zero attached hydrogens (tertiary/aromatic N) is 2. The van der Waals surface area contributed by atoms with E-state index < -0.39 is 21.7 Å². The fraction of sp³-hybridized carbons (Fsp3) is 0.0732. The number of nitrogens with one attached hydrogen (secondary N) is 2. The second kappa shape index (κ2) is 15.3. The zero-order valence-corrected chi connectivity index (χ0v) is 28.5. The van der Waals surface area contributed by atoms with Crippen LogP contribution in [0.3, 0.4) is 0 Å². The molecular weight excluding hydrogens is 676 g/mol. The van der Waals surface area contributed by atoms with Gasteiger partial charge in [0, 0.05) is 41.1 Å². The van der Waals surface area contributed by atoms with E-state index in [9.17, 15) is 29.8 Å². The number of benzene rings is 6. The van der Waals surface area contributed by atoms with Crippen molar-refractivity contribution in [3.63, 3.8) is 0 Å². The van der Waals surface area contributed by atoms with E-state index in [2.05, 4.69) is 24.5 Å². The number of carbonyl (C=O) groups excluding carboxylic acids is 2. The molecule has 12 heteroatoms. The van der Waals surface area contributed by atoms with Crippen molar-refractivity contribution in [3.8, 4) is 23.0 Å². The molecule has 0 radical (unpaired) electrons. The molecule has 2 N–H and O–H groups in total. The van der Waals surface area contributed by atoms with Crippen molar-refractivity contribution >= 4 is 34.6 Å². The maximum Gasteiger partial charge on any atom is 0.282 e. The van der Waals surface area contributed by atoms with Crippen molar-refractivity contribution in [1.82, 2.24) is 0 Å². The molecule has 0 saturated carbocycles. The Balaban J connectivity index is 1.08. The van der Waals surface area contributed by atoms with Gasteiger partial charge in [-0.25, -0.2) is 0 Å². The molecule has 0 heterocycles. The predicted octanol–water partition coefficient (Wildman–Crippen LogP) is 9.92. The number of carbonyl (C=O) groups is 2. The zero-order chi connectivity index (χ0) is 37.5. The maximum atomic E-state index is 12.8. The van der Waals surface area contributed by atoms with Gasteiger partial charge in [-0.2, -0.15) is 0 Å². The molecular formula is C41H32N4O8. The fourth-order valence-electron chi connectivity index (χ4n) is 5.64. The Morgan fingerprint density at radius 1 is 0.509 bits per heavy atom. The second-order valence-corrected chi connectivity index (χ2v) is 12.4. The first kappa shape index (κ1) is 35.5. The minimum atomic E-state index is -0.601. The van der Waals surface area contributed by atoms with E-state index in [1.807, 2.05) is 48.5 Å². The third kappa shape index (κ3) is 8.35. The average molecular weight is 709 g/mol. The van der Waals surface area contributed by atoms with Gasteiger partial charge in [0.2, 0.25) is 0 Å². The lowest BCUT2D eigenvalue weighted by atomic mass is 9.78. The van der Waals surface area contributed by atoms with Crippen LogP contribution in [-0.4, -0.2) is 21.7 Å². The van der Waals surface area contributed by atoms with Crippen LogP contribution in [0.2, 0.25) is 0 Å². The van der Waals surface area contributed by atoms with E-state index in [0.29, 0.717) is 34.4 Å². The Hall–Kier alpha value is -7.34. The summed E-state index contributed by atoms with van der Waals surface area (Å²) in [5.41, 5.74) is 1.88. The first-order chi connectivity index (χ1) is 25.5. The Morgan fingerprint density at radius 2 is 0.887 bits per heavy atom. The van der Waals surface area contributed by atoms with Crippen LogP contribution in [0.15, 0.2) is 146 Å². The third-order valence-corrected chi connectivity index (χ3v) is 8.50. The summed E-state index contributed by atoms with van der Waals surface area (Å²) in [7, 11) is 0. The van der Waals surface area contributed by atoms with E-state index in [0.717, 1.165) is 11.1 Å². The lowest BCUT2D eigenvalue weighted by Crippen LogP contribution is -2.18. The van der Waals surface area contributed by atoms with E-state index in [4.69, 9.17) is 9.47 Å². The van der Waals surface area contributed by atoms with Gasteiger partial charge in [0.15, 0.2) is 0 Å². The van der Waals surface area contributed by atoms with Crippen LogP contribution < -0.4 is 20.1 Å². The molecule has 0 unspecified atom stereocenters. The number of hydrogen-bond acceptors (Lipinski definition) is 8. The number of anilines is 2. The highest BCUT2D eigenvalue weighted by molar-refractivity contribution is 6.07. The first-order valence-electron chi connectivity index (χ1n) is 16.3. The molecule has 0 spiro atoms. The standard InChI is InChI=1S/C41H32N4O8/c1-41(2,27-17-21-31(22-18-27)52-33-11-7-9-29(25-33)42-39(46)35-13-3-5-15-37(35)44(48)49)28-19-23-32(24-20-28)53-34-12-8-10-30(26-34)43-40(47)36-14-4-6-16-38(36)45(50)51/h3-26H,1-2H3,(H,42,46)(H,43,47). The van der Waals surface area contributed by atoms with Crippen molar-refractivity contribution in [2.75, 3.05) is 10.6 Å². The monoisotopic (exact) mass is 708 g/mol. The summed E-state index contributed by atoms with van der Waals surface area (Å²) in [5.74, 6) is 0.904. The Bertz CT molecular complexity index is 2160. The van der Waals surface area contributed by atoms with Gasteiger partial charge in [0.1, 0.15) is 34.1 Å². The quantitative estimate of drug-likeness (QED) is 0.0937. The zero-order valence-electron chi connectivity index (χ0n) is 28.5. The Kier molecular flexibility index (Phi) is 10.2. The highest BCUT2D eigenvalue weighted by atomic mass is 16.6. The molecule has 0 aliphatic heterocycles. The van der Waals surface area contributed by atoms with Gasteiger partial charge in [-0.1, -0.05) is 74.5 Å². The van der Waals surface area contributed by atoms with Crippen molar-refractivity contribution in [2.24, 2.45) is 0 Å². The minimum Gasteiger partial charge on any atom is -0.457 e. The van der Waals surface area contributed by atoms with E-state index in [1.54, 1.807) is 60.7 Å². The van der Waals surface area contributed by atoms with Crippen LogP contribution in [0.5, 0.6) is 23.0 Å². The van der Waals surface area contributed by atoms with Crippen LogP contribution >= 0.6 is 0 Å². The van der Waals surface area contributed by atoms with E-state index >= 15 is 0 Å². The molecule has 264 valence electrons. The number of hydrogen-bond donors (Lipinski definition) is 2. The molecule has 0 aromatic heterocycles. The van der Waals surface area contributed by atoms with E-state index in [1.165, 1.54) is 36.4 Å². The van der Waals surface area contributed by atoms with Gasteiger partial charge in [0.05, 0.1) is 9.85 Å². The van der Waals surface area contributed by atoms with Crippen molar-refractivity contribution < 1.29 is 28.9 Å². The lowest BCUT2D eigenvalue weighted by molar-refractivity contribution is -0.385. The minimum absolute atomic E-state index is 0.0431. The number of ether oxygens (including phenoxy) is 2. The smallest absolute Gasteiger partial charge is 0.282 e. The molecule has 6 aromatic carbocycles. The number of amides is 2. The maximum absolute atomic E-state index is 12.8. The van der Waals surface area contributed by atoms with Crippen LogP contribution in [0.1, 0.15) is 45.7 Å². The molecule has 2 amide bonds. The third-order valence-electron chi connectivity index (χ3n) is 8.50. The lowest BCUT2D eigenvalue weighted by Gasteiger charge is -2.26. The van der Waals surface area contributed by atoms with Crippen molar-refractivity contribution in [1.29, 1.82) is 0 Å². The molecule has 0 aliphatic rings. The summed E-state index contributed by atoms with van der Waals surface area (Å²) in [6.07, 6.45) is 0. The molecule has 0 aliphatic carbocycles. The topological polar surface area (TPSA) is 163 Å². The van der Waals surface area contributed by atoms with Gasteiger partial charge in [-0.3, -0.25) is 29.8 Å². The fourth-order valence-corrected chi connectivity index (χ4v) is 5.64. The predicted molar refractivity (Wildman–Crippen MR) is 200 cm³/mol. The molecule has 0 bridgehead atoms. The largest absolute Gasteiger partial charge is 0.457 e. The summed E-state index contributed by atoms with van der Waals surface area (Å²) in [4.78, 5) is 47.0. The number of rotatable bonds is 12. The van der Waals surface area contributed by atoms with Crippen molar-refractivity contribution in [2.45, 2.75) is 19.3 Å². The number of para-hydroxylation sites is 2. The summed E-state index contributed by atoms with van der Waals surface area (Å²) >= 11 is 0. The van der Waals surface area contributed by atoms with Gasteiger partial charge in [-0.15, -0.1) is 0 Å². The summed E-state index contributed by atoms with van der Waals surface area (Å²) in [6.45, 7) is 4.20. The Labute approximate surface area is 303 Å². The highest BCUT2D eigenvalue weighted by Crippen LogP contribution is 2.35. The molecule has 12 nitrogen and oxygen atoms in total. The molecule has 6 rings (SSSR count). The Morgan fingerprint density at radius 3 is 1.26 bits per heavy atom. The van der Waals surface area contributed by atoms with Crippen LogP contribution in [0.25, 0.3) is 0 Å². The van der Waals surface area contributed by atoms with Crippen LogP contribution in [0, 0.1) is 20.2 Å². The van der Waals surface area contributed by atoms with Gasteiger partial charge in [0.25, 0.3) is 23.2 Å². The molecule has 6 aromatic rings. The normalized spacial score (nSPS) is 10.9. The van der Waals surface area contributed by atoms with Crippen LogP contribution in [-0.2, 0) is 5.41 Å². The highest BCUT2D eigenvalue weighted by Gasteiger charge is 2.24. The molecule has 53 heavy (non-hydrogen) atoms. The molecule has 0 fully saturated rings. The van der Waals surface area contributed by atoms with E-state index in [-0.39, 0.29) is 27.9 Å². The van der Waals surface area contributed by atoms with Crippen molar-refractivity contribution in [3.05, 3.63) is 188 Å². The molecule has 0 atom stereocenters. The number of nitro benzene ring substituents is 2. The average Bonchev–Trinajstić information content (AvgIpc) is 3.15. The summed E-state index contributed by atoms with van der Waals surface area (Å²) < 4.78 is 12.1. The summed E-state index contributed by atoms with van der Waals surface area (Å²) in [5, 5.41) is 28.1. The van der Waals surface area contributed by atoms with Crippen LogP contribution in [0.4, 0.5) is 22.7 Å². The summed E-state index contributed by atoms with van der Waals surface area (Å²) in [6, 6.07) is 40.4. The first-order valence-corrected chi connectivity index (χ1v) is 16.3. The van der Waals surface area contributed by atoms with Gasteiger partial charge in [-0.05, 0) is 71.8 Å². The molecule has 0 saturated heterocycles. The SMILES string of the molecule is CC(C)(c1ccc(Oc2cccc(NC(=O)c3ccccc3[N+](=O)[O-])c2)cc1)c1ccc(Oc2cccc(NC(=O)c3ccccc3[N+](=O)[O-])c2)cc1. The van der Waals surface area contributed by atoms with Gasteiger partial charge < -0.3 is 20.1 Å².